The Bertz CT molecular complexity index is 624. The van der Waals surface area contributed by atoms with Gasteiger partial charge in [0.2, 0.25) is 5.91 Å². The fourth-order valence-corrected chi connectivity index (χ4v) is 2.90. The highest BCUT2D eigenvalue weighted by atomic mass is 16.5. The second kappa shape index (κ2) is 8.15. The maximum Gasteiger partial charge on any atom is 0.247 e. The minimum Gasteiger partial charge on any atom is -0.493 e. The van der Waals surface area contributed by atoms with E-state index in [1.54, 1.807) is 19.2 Å². The fourth-order valence-electron chi connectivity index (χ4n) is 2.90. The van der Waals surface area contributed by atoms with E-state index in [4.69, 9.17) is 9.47 Å². The Hall–Kier alpha value is -2.08. The van der Waals surface area contributed by atoms with Crippen molar-refractivity contribution in [2.75, 3.05) is 40.4 Å². The Kier molecular flexibility index (Phi) is 6.20. The molecule has 0 spiro atoms. The van der Waals surface area contributed by atoms with Gasteiger partial charge >= 0.3 is 0 Å². The molecule has 0 radical (unpaired) electrons. The number of carbonyl (C=O) groups is 1. The Morgan fingerprint density at radius 2 is 1.79 bits per heavy atom. The molecule has 0 unspecified atom stereocenters. The number of rotatable bonds is 7. The molecule has 6 nitrogen and oxygen atoms in total. The Labute approximate surface area is 144 Å². The van der Waals surface area contributed by atoms with Crippen LogP contribution in [0.3, 0.4) is 0 Å². The van der Waals surface area contributed by atoms with Crippen LogP contribution in [0.2, 0.25) is 0 Å². The molecule has 1 aromatic carbocycles. The molecule has 2 rings (SSSR count). The summed E-state index contributed by atoms with van der Waals surface area (Å²) >= 11 is 0. The van der Waals surface area contributed by atoms with Crippen molar-refractivity contribution >= 4 is 11.6 Å². The summed E-state index contributed by atoms with van der Waals surface area (Å²) < 4.78 is 10.7. The molecule has 6 heteroatoms. The summed E-state index contributed by atoms with van der Waals surface area (Å²) in [5.41, 5.74) is 2.67. The van der Waals surface area contributed by atoms with E-state index in [1.165, 1.54) is 0 Å². The van der Waals surface area contributed by atoms with E-state index in [0.717, 1.165) is 36.5 Å². The SMILES string of the molecule is CCN(CC)CCN1N=C(C)c2cc(OC)c(OC)cc2CC1=O. The van der Waals surface area contributed by atoms with Crippen LogP contribution in [0.4, 0.5) is 0 Å². The van der Waals surface area contributed by atoms with Gasteiger partial charge in [0, 0.05) is 12.1 Å². The van der Waals surface area contributed by atoms with Gasteiger partial charge in [0.25, 0.3) is 0 Å². The maximum absolute atomic E-state index is 12.6. The summed E-state index contributed by atoms with van der Waals surface area (Å²) in [4.78, 5) is 14.9. The number of fused-ring (bicyclic) bond motifs is 1. The lowest BCUT2D eigenvalue weighted by Gasteiger charge is -2.22. The van der Waals surface area contributed by atoms with Crippen LogP contribution in [0.15, 0.2) is 17.2 Å². The molecule has 0 aliphatic carbocycles. The molecular weight excluding hydrogens is 306 g/mol. The molecule has 0 bridgehead atoms. The van der Waals surface area contributed by atoms with Gasteiger partial charge in [-0.1, -0.05) is 13.8 Å². The van der Waals surface area contributed by atoms with Crippen molar-refractivity contribution in [3.05, 3.63) is 23.3 Å². The quantitative estimate of drug-likeness (QED) is 0.767. The molecule has 1 aromatic rings. The van der Waals surface area contributed by atoms with Crippen LogP contribution in [-0.4, -0.2) is 61.9 Å². The van der Waals surface area contributed by atoms with Gasteiger partial charge in [-0.2, -0.15) is 5.10 Å². The number of amides is 1. The summed E-state index contributed by atoms with van der Waals surface area (Å²) in [6.07, 6.45) is 0.314. The predicted molar refractivity (Wildman–Crippen MR) is 95.0 cm³/mol. The molecule has 1 heterocycles. The lowest BCUT2D eigenvalue weighted by atomic mass is 10.00. The largest absolute Gasteiger partial charge is 0.493 e. The third-order valence-corrected chi connectivity index (χ3v) is 4.42. The summed E-state index contributed by atoms with van der Waals surface area (Å²) in [5.74, 6) is 1.29. The first-order valence-electron chi connectivity index (χ1n) is 8.37. The molecule has 24 heavy (non-hydrogen) atoms. The number of benzene rings is 1. The van der Waals surface area contributed by atoms with Crippen molar-refractivity contribution < 1.29 is 14.3 Å². The van der Waals surface area contributed by atoms with Gasteiger partial charge in [0.15, 0.2) is 11.5 Å². The molecule has 1 aliphatic rings. The topological polar surface area (TPSA) is 54.4 Å². The van der Waals surface area contributed by atoms with E-state index in [2.05, 4.69) is 23.8 Å². The van der Waals surface area contributed by atoms with E-state index >= 15 is 0 Å². The van der Waals surface area contributed by atoms with Crippen LogP contribution >= 0.6 is 0 Å². The van der Waals surface area contributed by atoms with Crippen LogP contribution in [-0.2, 0) is 11.2 Å². The Morgan fingerprint density at radius 3 is 2.38 bits per heavy atom. The number of carbonyl (C=O) groups excluding carboxylic acids is 1. The van der Waals surface area contributed by atoms with Crippen LogP contribution in [0.1, 0.15) is 31.9 Å². The van der Waals surface area contributed by atoms with Crippen LogP contribution in [0.5, 0.6) is 11.5 Å². The number of hydrazone groups is 1. The fraction of sp³-hybridized carbons (Fsp3) is 0.556. The molecule has 0 atom stereocenters. The number of hydrogen-bond acceptors (Lipinski definition) is 5. The van der Waals surface area contributed by atoms with Crippen molar-refractivity contribution in [3.8, 4) is 11.5 Å². The van der Waals surface area contributed by atoms with Crippen molar-refractivity contribution in [3.63, 3.8) is 0 Å². The molecule has 0 aromatic heterocycles. The van der Waals surface area contributed by atoms with Crippen molar-refractivity contribution in [1.82, 2.24) is 9.91 Å². The molecule has 132 valence electrons. The van der Waals surface area contributed by atoms with Crippen molar-refractivity contribution in [2.24, 2.45) is 5.10 Å². The second-order valence-electron chi connectivity index (χ2n) is 5.77. The van der Waals surface area contributed by atoms with Crippen molar-refractivity contribution in [2.45, 2.75) is 27.2 Å². The number of ether oxygens (including phenoxy) is 2. The summed E-state index contributed by atoms with van der Waals surface area (Å²) in [6.45, 7) is 9.52. The van der Waals surface area contributed by atoms with Gasteiger partial charge in [-0.15, -0.1) is 0 Å². The van der Waals surface area contributed by atoms with E-state index in [1.807, 2.05) is 19.1 Å². The van der Waals surface area contributed by atoms with Gasteiger partial charge in [0.05, 0.1) is 32.9 Å². The first-order valence-corrected chi connectivity index (χ1v) is 8.37. The summed E-state index contributed by atoms with van der Waals surface area (Å²) in [5, 5.41) is 6.14. The van der Waals surface area contributed by atoms with Crippen LogP contribution in [0, 0.1) is 0 Å². The Morgan fingerprint density at radius 1 is 1.17 bits per heavy atom. The molecule has 1 amide bonds. The van der Waals surface area contributed by atoms with Gasteiger partial charge in [-0.3, -0.25) is 4.79 Å². The third kappa shape index (κ3) is 3.87. The molecule has 0 saturated carbocycles. The number of likely N-dealkylation sites (N-methyl/N-ethyl adjacent to an activating group) is 1. The minimum absolute atomic E-state index is 0.00692. The number of hydrogen-bond donors (Lipinski definition) is 0. The van der Waals surface area contributed by atoms with Gasteiger partial charge in [0.1, 0.15) is 0 Å². The van der Waals surface area contributed by atoms with E-state index in [9.17, 15) is 4.79 Å². The highest BCUT2D eigenvalue weighted by Crippen LogP contribution is 2.32. The average Bonchev–Trinajstić information content (AvgIpc) is 2.71. The minimum atomic E-state index is 0.00692. The van der Waals surface area contributed by atoms with Crippen molar-refractivity contribution in [1.29, 1.82) is 0 Å². The molecule has 0 N–H and O–H groups in total. The normalized spacial score (nSPS) is 14.3. The van der Waals surface area contributed by atoms with Crippen LogP contribution in [0.25, 0.3) is 0 Å². The zero-order valence-corrected chi connectivity index (χ0v) is 15.3. The first-order chi connectivity index (χ1) is 11.5. The highest BCUT2D eigenvalue weighted by molar-refractivity contribution is 6.03. The molecule has 0 saturated heterocycles. The van der Waals surface area contributed by atoms with Gasteiger partial charge in [-0.05, 0) is 37.7 Å². The monoisotopic (exact) mass is 333 g/mol. The highest BCUT2D eigenvalue weighted by Gasteiger charge is 2.23. The standard InChI is InChI=1S/C18H27N3O3/c1-6-20(7-2)8-9-21-18(22)11-14-10-16(23-4)17(24-5)12-15(14)13(3)19-21/h10,12H,6-9,11H2,1-5H3. The zero-order valence-electron chi connectivity index (χ0n) is 15.3. The van der Waals surface area contributed by atoms with E-state index in [0.29, 0.717) is 24.5 Å². The first kappa shape index (κ1) is 18.3. The van der Waals surface area contributed by atoms with Crippen LogP contribution < -0.4 is 9.47 Å². The van der Waals surface area contributed by atoms with Gasteiger partial charge < -0.3 is 14.4 Å². The zero-order chi connectivity index (χ0) is 17.7. The smallest absolute Gasteiger partial charge is 0.247 e. The summed E-state index contributed by atoms with van der Waals surface area (Å²) in [6, 6.07) is 3.77. The lowest BCUT2D eigenvalue weighted by molar-refractivity contribution is -0.130. The lowest BCUT2D eigenvalue weighted by Crippen LogP contribution is -2.36. The molecule has 0 fully saturated rings. The number of methoxy groups -OCH3 is 2. The summed E-state index contributed by atoms with van der Waals surface area (Å²) in [7, 11) is 3.20. The van der Waals surface area contributed by atoms with E-state index in [-0.39, 0.29) is 5.91 Å². The maximum atomic E-state index is 12.6. The average molecular weight is 333 g/mol. The third-order valence-electron chi connectivity index (χ3n) is 4.42. The Balaban J connectivity index is 2.28. The van der Waals surface area contributed by atoms with E-state index < -0.39 is 0 Å². The molecular formula is C18H27N3O3. The number of nitrogens with zero attached hydrogens (tertiary/aromatic N) is 3. The second-order valence-corrected chi connectivity index (χ2v) is 5.77. The molecule has 1 aliphatic heterocycles. The van der Waals surface area contributed by atoms with Gasteiger partial charge in [-0.25, -0.2) is 5.01 Å². The predicted octanol–water partition coefficient (Wildman–Crippen LogP) is 2.15.